The van der Waals surface area contributed by atoms with Gasteiger partial charge in [0.2, 0.25) is 21.4 Å². The van der Waals surface area contributed by atoms with E-state index in [1.165, 1.54) is 0 Å². The van der Waals surface area contributed by atoms with Gasteiger partial charge in [0, 0.05) is 6.07 Å². The van der Waals surface area contributed by atoms with Crippen molar-refractivity contribution in [3.63, 3.8) is 0 Å². The fraction of sp³-hybridized carbons (Fsp3) is 0.417. The van der Waals surface area contributed by atoms with Crippen LogP contribution >= 0.6 is 0 Å². The fourth-order valence-electron chi connectivity index (χ4n) is 1.44. The Kier molecular flexibility index (Phi) is 8.04. The monoisotopic (exact) mass is 373 g/mol. The van der Waals surface area contributed by atoms with Gasteiger partial charge >= 0.3 is 6.09 Å². The standard InChI is InChI=1S/C12H12F5NO5Si/c13-6-5-7(9(15)10(16)8(6)14)22-11(19)18(17)3-1-2-4-24-23-12(20)21/h5,12,20-21H,1-4H2. The Bertz CT molecular complexity index is 577. The minimum absolute atomic E-state index is 0.0815. The number of benzene rings is 1. The van der Waals surface area contributed by atoms with Crippen molar-refractivity contribution in [1.82, 2.24) is 5.12 Å². The molecule has 12 heteroatoms. The van der Waals surface area contributed by atoms with Crippen molar-refractivity contribution in [2.24, 2.45) is 0 Å². The van der Waals surface area contributed by atoms with Crippen molar-refractivity contribution < 1.29 is 46.2 Å². The molecule has 0 aliphatic heterocycles. The Morgan fingerprint density at radius 2 is 1.83 bits per heavy atom. The summed E-state index contributed by atoms with van der Waals surface area (Å²) < 4.78 is 73.8. The molecule has 1 rings (SSSR count). The first-order valence-electron chi connectivity index (χ1n) is 6.46. The summed E-state index contributed by atoms with van der Waals surface area (Å²) in [4.78, 5) is 11.3. The number of amides is 1. The third-order valence-corrected chi connectivity index (χ3v) is 3.47. The second-order valence-electron chi connectivity index (χ2n) is 4.30. The van der Waals surface area contributed by atoms with Gasteiger partial charge in [0.25, 0.3) is 6.48 Å². The van der Waals surface area contributed by atoms with Gasteiger partial charge in [-0.3, -0.25) is 0 Å². The van der Waals surface area contributed by atoms with E-state index in [1.54, 1.807) is 0 Å². The van der Waals surface area contributed by atoms with Gasteiger partial charge in [0.1, 0.15) is 0 Å². The van der Waals surface area contributed by atoms with Crippen molar-refractivity contribution in [2.75, 3.05) is 6.54 Å². The van der Waals surface area contributed by atoms with Crippen LogP contribution in [0.1, 0.15) is 12.8 Å². The normalized spacial score (nSPS) is 11.0. The van der Waals surface area contributed by atoms with E-state index in [1.807, 2.05) is 0 Å². The van der Waals surface area contributed by atoms with Crippen LogP contribution in [0.25, 0.3) is 0 Å². The maximum Gasteiger partial charge on any atom is 0.443 e. The number of rotatable bonds is 8. The Morgan fingerprint density at radius 3 is 2.46 bits per heavy atom. The molecule has 0 spiro atoms. The zero-order valence-electron chi connectivity index (χ0n) is 11.9. The average molecular weight is 373 g/mol. The van der Waals surface area contributed by atoms with Crippen molar-refractivity contribution in [3.8, 4) is 5.75 Å². The number of hydrogen-bond donors (Lipinski definition) is 2. The molecule has 1 aromatic carbocycles. The molecule has 1 amide bonds. The number of carbonyl (C=O) groups excluding carboxylic acids is 1. The smallest absolute Gasteiger partial charge is 0.405 e. The number of hydrogen-bond acceptors (Lipinski definition) is 5. The molecule has 0 heterocycles. The number of unbranched alkanes of at least 4 members (excludes halogenated alkanes) is 1. The summed E-state index contributed by atoms with van der Waals surface area (Å²) in [6, 6.07) is 0.446. The summed E-state index contributed by atoms with van der Waals surface area (Å²) in [6.45, 7) is -2.37. The second-order valence-corrected chi connectivity index (χ2v) is 5.32. The van der Waals surface area contributed by atoms with E-state index in [0.29, 0.717) is 12.5 Å². The van der Waals surface area contributed by atoms with Crippen LogP contribution in [0.4, 0.5) is 26.8 Å². The van der Waals surface area contributed by atoms with Crippen molar-refractivity contribution in [3.05, 3.63) is 29.3 Å². The minimum atomic E-state index is -2.18. The van der Waals surface area contributed by atoms with E-state index in [4.69, 9.17) is 10.2 Å². The molecule has 0 aromatic heterocycles. The van der Waals surface area contributed by atoms with E-state index in [9.17, 15) is 26.8 Å². The molecule has 0 unspecified atom stereocenters. The van der Waals surface area contributed by atoms with Gasteiger partial charge in [-0.2, -0.15) is 4.39 Å². The molecule has 1 aromatic rings. The number of nitrogens with zero attached hydrogens (tertiary/aromatic N) is 1. The van der Waals surface area contributed by atoms with Crippen LogP contribution in [0.2, 0.25) is 6.04 Å². The molecule has 0 aliphatic carbocycles. The molecule has 0 saturated heterocycles. The number of carbonyl (C=O) groups is 1. The van der Waals surface area contributed by atoms with Gasteiger partial charge in [-0.15, -0.1) is 5.12 Å². The zero-order valence-corrected chi connectivity index (χ0v) is 12.9. The summed E-state index contributed by atoms with van der Waals surface area (Å²) in [5, 5.41) is 16.3. The van der Waals surface area contributed by atoms with E-state index >= 15 is 0 Å². The Labute approximate surface area is 135 Å². The summed E-state index contributed by atoms with van der Waals surface area (Å²) in [7, 11) is -0.243. The average Bonchev–Trinajstić information content (AvgIpc) is 2.53. The lowest BCUT2D eigenvalue weighted by molar-refractivity contribution is -0.180. The van der Waals surface area contributed by atoms with E-state index < -0.39 is 53.3 Å². The predicted molar refractivity (Wildman–Crippen MR) is 69.2 cm³/mol. The van der Waals surface area contributed by atoms with Gasteiger partial charge in [-0.05, 0) is 12.5 Å². The quantitative estimate of drug-likeness (QED) is 0.139. The van der Waals surface area contributed by atoms with Crippen LogP contribution in [0, 0.1) is 23.3 Å². The number of aliphatic hydroxyl groups excluding tert-OH is 1. The van der Waals surface area contributed by atoms with Crippen molar-refractivity contribution >= 4 is 15.9 Å². The lowest BCUT2D eigenvalue weighted by Gasteiger charge is -2.13. The molecule has 134 valence electrons. The first-order chi connectivity index (χ1) is 11.2. The molecule has 2 N–H and O–H groups in total. The summed E-state index contributed by atoms with van der Waals surface area (Å²) in [6.07, 6.45) is -1.26. The molecule has 0 aliphatic rings. The first-order valence-corrected chi connectivity index (χ1v) is 7.58. The van der Waals surface area contributed by atoms with E-state index in [2.05, 4.69) is 9.16 Å². The second kappa shape index (κ2) is 9.51. The molecular formula is C12H12F5NO5Si. The van der Waals surface area contributed by atoms with Gasteiger partial charge in [-0.1, -0.05) is 10.9 Å². The summed E-state index contributed by atoms with van der Waals surface area (Å²) in [5.41, 5.74) is 0. The minimum Gasteiger partial charge on any atom is -0.405 e. The van der Waals surface area contributed by atoms with Crippen molar-refractivity contribution in [2.45, 2.75) is 25.4 Å². The molecule has 0 bridgehead atoms. The highest BCUT2D eigenvalue weighted by Gasteiger charge is 2.24. The first kappa shape index (κ1) is 20.3. The van der Waals surface area contributed by atoms with Gasteiger partial charge in [0.05, 0.1) is 6.54 Å². The number of ether oxygens (including phenoxy) is 1. The lowest BCUT2D eigenvalue weighted by atomic mass is 10.3. The molecule has 6 nitrogen and oxygen atoms in total. The Hall–Kier alpha value is -1.76. The summed E-state index contributed by atoms with van der Waals surface area (Å²) >= 11 is 0. The number of aliphatic hydroxyl groups is 2. The van der Waals surface area contributed by atoms with Gasteiger partial charge < -0.3 is 19.4 Å². The van der Waals surface area contributed by atoms with E-state index in [0.717, 1.165) is 0 Å². The largest absolute Gasteiger partial charge is 0.443 e. The molecule has 24 heavy (non-hydrogen) atoms. The highest BCUT2D eigenvalue weighted by atomic mass is 28.2. The van der Waals surface area contributed by atoms with Crippen LogP contribution in [0.5, 0.6) is 5.75 Å². The third-order valence-electron chi connectivity index (χ3n) is 2.54. The van der Waals surface area contributed by atoms with Crippen LogP contribution in [0.15, 0.2) is 6.07 Å². The third kappa shape index (κ3) is 6.03. The lowest BCUT2D eigenvalue weighted by Crippen LogP contribution is -2.27. The van der Waals surface area contributed by atoms with E-state index in [-0.39, 0.29) is 22.3 Å². The summed E-state index contributed by atoms with van der Waals surface area (Å²) in [5.74, 6) is -9.31. The topological polar surface area (TPSA) is 79.2 Å². The Morgan fingerprint density at radius 1 is 1.17 bits per heavy atom. The molecule has 0 atom stereocenters. The van der Waals surface area contributed by atoms with Crippen LogP contribution in [-0.2, 0) is 4.43 Å². The Balaban J connectivity index is 2.45. The highest BCUT2D eigenvalue weighted by molar-refractivity contribution is 6.26. The van der Waals surface area contributed by atoms with Crippen LogP contribution in [-0.4, -0.2) is 44.2 Å². The van der Waals surface area contributed by atoms with Gasteiger partial charge in [-0.25, -0.2) is 18.0 Å². The maximum atomic E-state index is 13.4. The van der Waals surface area contributed by atoms with Crippen LogP contribution < -0.4 is 4.74 Å². The predicted octanol–water partition coefficient (Wildman–Crippen LogP) is 2.03. The maximum absolute atomic E-state index is 13.4. The highest BCUT2D eigenvalue weighted by Crippen LogP contribution is 2.25. The zero-order chi connectivity index (χ0) is 18.3. The SMILES string of the molecule is O=C(Oc1cc(F)c(F)c(F)c1F)N(F)CCCC[Si]OC(O)O. The number of halogens is 5. The molecule has 0 fully saturated rings. The molecular weight excluding hydrogens is 361 g/mol. The van der Waals surface area contributed by atoms with Crippen LogP contribution in [0.3, 0.4) is 0 Å². The fourth-order valence-corrected chi connectivity index (χ4v) is 2.10. The molecule has 2 radical (unpaired) electrons. The van der Waals surface area contributed by atoms with Crippen molar-refractivity contribution in [1.29, 1.82) is 0 Å². The van der Waals surface area contributed by atoms with Gasteiger partial charge in [0.15, 0.2) is 17.4 Å². The molecule has 0 saturated carbocycles.